The molecule has 1 saturated heterocycles. The summed E-state index contributed by atoms with van der Waals surface area (Å²) in [5.74, 6) is 0.169. The van der Waals surface area contributed by atoms with Crippen LogP contribution in [0.3, 0.4) is 0 Å². The van der Waals surface area contributed by atoms with Crippen LogP contribution in [0.4, 0.5) is 14.9 Å². The summed E-state index contributed by atoms with van der Waals surface area (Å²) in [6, 6.07) is 12.8. The smallest absolute Gasteiger partial charge is 0.318 e. The molecule has 30 heavy (non-hydrogen) atoms. The van der Waals surface area contributed by atoms with Crippen molar-refractivity contribution >= 4 is 17.6 Å². The Bertz CT molecular complexity index is 867. The minimum atomic E-state index is -0.665. The number of urea groups is 1. The van der Waals surface area contributed by atoms with Gasteiger partial charge in [-0.3, -0.25) is 4.79 Å². The fourth-order valence-corrected chi connectivity index (χ4v) is 3.35. The number of ether oxygens (including phenoxy) is 1. The van der Waals surface area contributed by atoms with Crippen LogP contribution in [0.1, 0.15) is 12.5 Å². The zero-order chi connectivity index (χ0) is 21.5. The number of methoxy groups -OCH3 is 1. The van der Waals surface area contributed by atoms with Gasteiger partial charge in [-0.05, 0) is 37.3 Å². The zero-order valence-electron chi connectivity index (χ0n) is 17.2. The van der Waals surface area contributed by atoms with Crippen molar-refractivity contribution in [3.8, 4) is 5.75 Å². The van der Waals surface area contributed by atoms with Crippen LogP contribution < -0.4 is 20.3 Å². The Morgan fingerprint density at radius 3 is 2.40 bits per heavy atom. The molecule has 0 bridgehead atoms. The summed E-state index contributed by atoms with van der Waals surface area (Å²) >= 11 is 0. The van der Waals surface area contributed by atoms with Crippen molar-refractivity contribution in [3.63, 3.8) is 0 Å². The number of nitrogens with one attached hydrogen (secondary N) is 2. The number of para-hydroxylation sites is 1. The van der Waals surface area contributed by atoms with E-state index in [-0.39, 0.29) is 17.8 Å². The first-order valence-electron chi connectivity index (χ1n) is 9.93. The van der Waals surface area contributed by atoms with Crippen LogP contribution in [-0.4, -0.2) is 56.2 Å². The Kier molecular flexibility index (Phi) is 7.11. The first-order valence-corrected chi connectivity index (χ1v) is 9.93. The van der Waals surface area contributed by atoms with E-state index in [0.717, 1.165) is 11.3 Å². The Labute approximate surface area is 175 Å². The van der Waals surface area contributed by atoms with E-state index < -0.39 is 6.04 Å². The second kappa shape index (κ2) is 9.96. The molecule has 2 N–H and O–H groups in total. The highest BCUT2D eigenvalue weighted by molar-refractivity contribution is 5.86. The Morgan fingerprint density at radius 2 is 1.73 bits per heavy atom. The summed E-state index contributed by atoms with van der Waals surface area (Å²) in [5, 5.41) is 5.58. The van der Waals surface area contributed by atoms with Crippen molar-refractivity contribution in [3.05, 3.63) is 59.9 Å². The summed E-state index contributed by atoms with van der Waals surface area (Å²) in [5.41, 5.74) is 1.80. The first-order chi connectivity index (χ1) is 14.5. The number of amides is 3. The minimum Gasteiger partial charge on any atom is -0.496 e. The molecule has 1 heterocycles. The predicted octanol–water partition coefficient (Wildman–Crippen LogP) is 2.37. The summed E-state index contributed by atoms with van der Waals surface area (Å²) in [6.45, 7) is 4.32. The average molecular weight is 414 g/mol. The van der Waals surface area contributed by atoms with Crippen LogP contribution in [0, 0.1) is 5.82 Å². The number of hydrogen-bond acceptors (Lipinski definition) is 4. The van der Waals surface area contributed by atoms with Gasteiger partial charge in [-0.1, -0.05) is 18.2 Å². The van der Waals surface area contributed by atoms with Gasteiger partial charge in [0.25, 0.3) is 0 Å². The van der Waals surface area contributed by atoms with Crippen molar-refractivity contribution < 1.29 is 18.7 Å². The molecule has 1 fully saturated rings. The number of nitrogens with zero attached hydrogens (tertiary/aromatic N) is 2. The molecule has 8 heteroatoms. The molecule has 0 spiro atoms. The molecule has 0 saturated carbocycles. The van der Waals surface area contributed by atoms with Crippen molar-refractivity contribution in [2.75, 3.05) is 38.2 Å². The van der Waals surface area contributed by atoms with Crippen LogP contribution in [0.15, 0.2) is 48.5 Å². The van der Waals surface area contributed by atoms with Crippen LogP contribution in [0.25, 0.3) is 0 Å². The van der Waals surface area contributed by atoms with Crippen molar-refractivity contribution in [2.24, 2.45) is 0 Å². The van der Waals surface area contributed by atoms with Gasteiger partial charge in [0.05, 0.1) is 7.11 Å². The summed E-state index contributed by atoms with van der Waals surface area (Å²) in [7, 11) is 1.58. The predicted molar refractivity (Wildman–Crippen MR) is 113 cm³/mol. The molecule has 2 aromatic rings. The number of halogens is 1. The SMILES string of the molecule is COc1ccccc1CNC(=O)[C@@H](C)NC(=O)N1CCN(c2ccc(F)cc2)CC1. The average Bonchev–Trinajstić information content (AvgIpc) is 2.78. The standard InChI is InChI=1S/C22H27FN4O3/c1-16(21(28)24-15-17-5-3-4-6-20(17)30-2)25-22(29)27-13-11-26(12-14-27)19-9-7-18(23)8-10-19/h3-10,16H,11-15H2,1-2H3,(H,24,28)(H,25,29)/t16-/m1/s1. The van der Waals surface area contributed by atoms with E-state index in [2.05, 4.69) is 15.5 Å². The number of piperazine rings is 1. The van der Waals surface area contributed by atoms with E-state index in [0.29, 0.717) is 38.5 Å². The summed E-state index contributed by atoms with van der Waals surface area (Å²) in [4.78, 5) is 28.7. The Morgan fingerprint density at radius 1 is 1.07 bits per heavy atom. The maximum atomic E-state index is 13.1. The molecule has 160 valence electrons. The molecule has 0 radical (unpaired) electrons. The molecule has 3 amide bonds. The second-order valence-corrected chi connectivity index (χ2v) is 7.15. The molecule has 0 aliphatic carbocycles. The molecule has 2 aromatic carbocycles. The van der Waals surface area contributed by atoms with E-state index in [1.165, 1.54) is 12.1 Å². The van der Waals surface area contributed by atoms with Gasteiger partial charge in [-0.25, -0.2) is 9.18 Å². The third-order valence-electron chi connectivity index (χ3n) is 5.14. The third kappa shape index (κ3) is 5.40. The van der Waals surface area contributed by atoms with Gasteiger partial charge >= 0.3 is 6.03 Å². The highest BCUT2D eigenvalue weighted by Crippen LogP contribution is 2.18. The lowest BCUT2D eigenvalue weighted by atomic mass is 10.2. The Balaban J connectivity index is 1.45. The molecular weight excluding hydrogens is 387 g/mol. The third-order valence-corrected chi connectivity index (χ3v) is 5.14. The molecular formula is C22H27FN4O3. The quantitative estimate of drug-likeness (QED) is 0.761. The minimum absolute atomic E-state index is 0.265. The lowest BCUT2D eigenvalue weighted by Crippen LogP contribution is -2.55. The molecule has 1 atom stereocenters. The summed E-state index contributed by atoms with van der Waals surface area (Å²) < 4.78 is 18.4. The van der Waals surface area contributed by atoms with Gasteiger partial charge < -0.3 is 25.2 Å². The zero-order valence-corrected chi connectivity index (χ0v) is 17.2. The number of rotatable bonds is 6. The summed E-state index contributed by atoms with van der Waals surface area (Å²) in [6.07, 6.45) is 0. The van der Waals surface area contributed by atoms with Gasteiger partial charge in [-0.15, -0.1) is 0 Å². The number of anilines is 1. The van der Waals surface area contributed by atoms with Gasteiger partial charge in [0.15, 0.2) is 0 Å². The highest BCUT2D eigenvalue weighted by Gasteiger charge is 2.24. The van der Waals surface area contributed by atoms with Crippen LogP contribution >= 0.6 is 0 Å². The monoisotopic (exact) mass is 414 g/mol. The van der Waals surface area contributed by atoms with Gasteiger partial charge in [0.1, 0.15) is 17.6 Å². The number of hydrogen-bond donors (Lipinski definition) is 2. The molecule has 1 aliphatic rings. The second-order valence-electron chi connectivity index (χ2n) is 7.15. The normalized spacial score (nSPS) is 14.8. The number of carbonyl (C=O) groups excluding carboxylic acids is 2. The topological polar surface area (TPSA) is 73.9 Å². The van der Waals surface area contributed by atoms with E-state index in [1.807, 2.05) is 24.3 Å². The largest absolute Gasteiger partial charge is 0.496 e. The lowest BCUT2D eigenvalue weighted by Gasteiger charge is -2.36. The van der Waals surface area contributed by atoms with Gasteiger partial charge in [0, 0.05) is 44.0 Å². The Hall–Kier alpha value is -3.29. The van der Waals surface area contributed by atoms with Gasteiger partial charge in [-0.2, -0.15) is 0 Å². The van der Waals surface area contributed by atoms with E-state index in [9.17, 15) is 14.0 Å². The maximum absolute atomic E-state index is 13.1. The van der Waals surface area contributed by atoms with E-state index >= 15 is 0 Å². The fourth-order valence-electron chi connectivity index (χ4n) is 3.35. The molecule has 0 aromatic heterocycles. The van der Waals surface area contributed by atoms with Crippen molar-refractivity contribution in [1.82, 2.24) is 15.5 Å². The molecule has 3 rings (SSSR count). The van der Waals surface area contributed by atoms with E-state index in [1.54, 1.807) is 31.1 Å². The molecule has 0 unspecified atom stereocenters. The van der Waals surface area contributed by atoms with Crippen molar-refractivity contribution in [2.45, 2.75) is 19.5 Å². The lowest BCUT2D eigenvalue weighted by molar-refractivity contribution is -0.122. The van der Waals surface area contributed by atoms with Crippen LogP contribution in [0.2, 0.25) is 0 Å². The first kappa shape index (κ1) is 21.4. The van der Waals surface area contributed by atoms with E-state index in [4.69, 9.17) is 4.74 Å². The van der Waals surface area contributed by atoms with Gasteiger partial charge in [0.2, 0.25) is 5.91 Å². The van der Waals surface area contributed by atoms with Crippen LogP contribution in [0.5, 0.6) is 5.75 Å². The molecule has 1 aliphatic heterocycles. The number of benzene rings is 2. The maximum Gasteiger partial charge on any atom is 0.318 e. The van der Waals surface area contributed by atoms with Crippen molar-refractivity contribution in [1.29, 1.82) is 0 Å². The number of carbonyl (C=O) groups is 2. The molecule has 7 nitrogen and oxygen atoms in total. The van der Waals surface area contributed by atoms with Crippen LogP contribution in [-0.2, 0) is 11.3 Å². The highest BCUT2D eigenvalue weighted by atomic mass is 19.1. The fraction of sp³-hybridized carbons (Fsp3) is 0.364.